The maximum Gasteiger partial charge on any atom is 0.152 e. The fraction of sp³-hybridized carbons (Fsp3) is 0.429. The molecule has 0 radical (unpaired) electrons. The van der Waals surface area contributed by atoms with Crippen LogP contribution in [-0.4, -0.2) is 18.4 Å². The van der Waals surface area contributed by atoms with Crippen molar-refractivity contribution in [3.05, 3.63) is 28.2 Å². The van der Waals surface area contributed by atoms with Gasteiger partial charge < -0.3 is 4.90 Å². The van der Waals surface area contributed by atoms with E-state index in [0.29, 0.717) is 5.56 Å². The van der Waals surface area contributed by atoms with Crippen LogP contribution in [-0.2, 0) is 4.79 Å². The number of piperidine rings is 1. The van der Waals surface area contributed by atoms with Gasteiger partial charge in [-0.2, -0.15) is 5.26 Å². The van der Waals surface area contributed by atoms with E-state index in [4.69, 9.17) is 0 Å². The predicted octanol–water partition coefficient (Wildman–Crippen LogP) is 3.27. The van der Waals surface area contributed by atoms with E-state index >= 15 is 0 Å². The highest BCUT2D eigenvalue weighted by atomic mass is 79.9. The van der Waals surface area contributed by atoms with Gasteiger partial charge in [0.15, 0.2) is 5.78 Å². The Kier molecular flexibility index (Phi) is 4.03. The number of hydrogen-bond donors (Lipinski definition) is 0. The molecule has 0 aliphatic carbocycles. The molecule has 1 fully saturated rings. The second-order valence-corrected chi connectivity index (χ2v) is 5.50. The van der Waals surface area contributed by atoms with Gasteiger partial charge in [0.1, 0.15) is 6.07 Å². The zero-order valence-electron chi connectivity index (χ0n) is 10.3. The Hall–Kier alpha value is -1.34. The van der Waals surface area contributed by atoms with Gasteiger partial charge in [-0.3, -0.25) is 4.79 Å². The van der Waals surface area contributed by atoms with Crippen molar-refractivity contribution < 1.29 is 4.79 Å². The van der Waals surface area contributed by atoms with Crippen molar-refractivity contribution in [3.8, 4) is 6.07 Å². The summed E-state index contributed by atoms with van der Waals surface area (Å²) in [5.74, 6) is 0.182. The summed E-state index contributed by atoms with van der Waals surface area (Å²) < 4.78 is 0.888. The maximum absolute atomic E-state index is 11.7. The summed E-state index contributed by atoms with van der Waals surface area (Å²) in [6.07, 6.45) is 3.04. The highest BCUT2D eigenvalue weighted by Crippen LogP contribution is 2.30. The van der Waals surface area contributed by atoms with Crippen LogP contribution in [0.2, 0.25) is 0 Å². The van der Waals surface area contributed by atoms with Crippen molar-refractivity contribution in [2.75, 3.05) is 11.4 Å². The Morgan fingerprint density at radius 3 is 2.94 bits per heavy atom. The number of nitriles is 1. The Morgan fingerprint density at radius 1 is 1.50 bits per heavy atom. The summed E-state index contributed by atoms with van der Waals surface area (Å²) in [7, 11) is 0. The number of carbonyl (C=O) groups is 1. The third-order valence-corrected chi connectivity index (χ3v) is 3.85. The van der Waals surface area contributed by atoms with Crippen molar-refractivity contribution >= 4 is 27.4 Å². The first-order valence-corrected chi connectivity index (χ1v) is 6.89. The third kappa shape index (κ3) is 2.56. The topological polar surface area (TPSA) is 44.1 Å². The molecule has 2 rings (SSSR count). The molecule has 0 N–H and O–H groups in total. The van der Waals surface area contributed by atoms with E-state index in [1.807, 2.05) is 12.1 Å². The highest BCUT2D eigenvalue weighted by Gasteiger charge is 2.27. The number of benzene rings is 1. The maximum atomic E-state index is 11.7. The molecule has 0 saturated carbocycles. The van der Waals surface area contributed by atoms with Crippen LogP contribution in [0, 0.1) is 11.3 Å². The molecule has 0 aromatic heterocycles. The fourth-order valence-electron chi connectivity index (χ4n) is 2.49. The number of nitrogens with zero attached hydrogens (tertiary/aromatic N) is 2. The molecule has 1 aromatic rings. The van der Waals surface area contributed by atoms with Crippen molar-refractivity contribution in [3.63, 3.8) is 0 Å². The van der Waals surface area contributed by atoms with Gasteiger partial charge >= 0.3 is 0 Å². The summed E-state index contributed by atoms with van der Waals surface area (Å²) >= 11 is 3.37. The Labute approximate surface area is 116 Å². The summed E-state index contributed by atoms with van der Waals surface area (Å²) in [4.78, 5) is 13.8. The number of halogens is 1. The van der Waals surface area contributed by atoms with E-state index in [-0.39, 0.29) is 11.8 Å². The van der Waals surface area contributed by atoms with Crippen LogP contribution in [0.1, 0.15) is 31.7 Å². The van der Waals surface area contributed by atoms with Gasteiger partial charge in [0.2, 0.25) is 0 Å². The fourth-order valence-corrected chi connectivity index (χ4v) is 2.85. The Balaban J connectivity index is 2.40. The van der Waals surface area contributed by atoms with E-state index < -0.39 is 0 Å². The first kappa shape index (κ1) is 13.1. The second kappa shape index (κ2) is 5.53. The molecule has 0 bridgehead atoms. The molecule has 18 heavy (non-hydrogen) atoms. The molecule has 0 amide bonds. The van der Waals surface area contributed by atoms with Crippen LogP contribution >= 0.6 is 15.9 Å². The number of hydrogen-bond acceptors (Lipinski definition) is 3. The standard InChI is InChI=1S/C14H15BrN2O/c1-10(18)13-4-2-3-7-17(13)14-6-5-12(15)8-11(14)9-16/h5-6,8,13H,2-4,7H2,1H3. The quantitative estimate of drug-likeness (QED) is 0.842. The van der Waals surface area contributed by atoms with E-state index in [9.17, 15) is 10.1 Å². The second-order valence-electron chi connectivity index (χ2n) is 4.59. The number of anilines is 1. The lowest BCUT2D eigenvalue weighted by molar-refractivity contribution is -0.118. The molecule has 1 unspecified atom stereocenters. The first-order valence-electron chi connectivity index (χ1n) is 6.10. The summed E-state index contributed by atoms with van der Waals surface area (Å²) in [6.45, 7) is 2.48. The molecule has 4 heteroatoms. The van der Waals surface area contributed by atoms with E-state index in [1.165, 1.54) is 0 Å². The predicted molar refractivity (Wildman–Crippen MR) is 74.5 cm³/mol. The van der Waals surface area contributed by atoms with Gasteiger partial charge in [0, 0.05) is 11.0 Å². The highest BCUT2D eigenvalue weighted by molar-refractivity contribution is 9.10. The number of rotatable bonds is 2. The van der Waals surface area contributed by atoms with Crippen LogP contribution in [0.3, 0.4) is 0 Å². The molecular weight excluding hydrogens is 292 g/mol. The average Bonchev–Trinajstić information content (AvgIpc) is 2.38. The first-order chi connectivity index (χ1) is 8.63. The molecule has 1 aromatic carbocycles. The molecular formula is C14H15BrN2O. The van der Waals surface area contributed by atoms with Gasteiger partial charge in [-0.05, 0) is 44.4 Å². The van der Waals surface area contributed by atoms with Crippen molar-refractivity contribution in [2.45, 2.75) is 32.2 Å². The minimum absolute atomic E-state index is 0.0768. The van der Waals surface area contributed by atoms with Crippen LogP contribution in [0.15, 0.2) is 22.7 Å². The lowest BCUT2D eigenvalue weighted by Crippen LogP contribution is -2.44. The Morgan fingerprint density at radius 2 is 2.28 bits per heavy atom. The normalized spacial score (nSPS) is 19.4. The van der Waals surface area contributed by atoms with Gasteiger partial charge in [0.05, 0.1) is 17.3 Å². The number of ketones is 1. The minimum atomic E-state index is -0.0768. The molecule has 1 aliphatic heterocycles. The van der Waals surface area contributed by atoms with Crippen LogP contribution in [0.4, 0.5) is 5.69 Å². The van der Waals surface area contributed by atoms with E-state index in [0.717, 1.165) is 36.0 Å². The summed E-state index contributed by atoms with van der Waals surface area (Å²) in [5.41, 5.74) is 1.50. The van der Waals surface area contributed by atoms with Crippen molar-refractivity contribution in [2.24, 2.45) is 0 Å². The molecule has 1 saturated heterocycles. The van der Waals surface area contributed by atoms with Crippen LogP contribution < -0.4 is 4.90 Å². The molecule has 0 spiro atoms. The van der Waals surface area contributed by atoms with Gasteiger partial charge in [-0.1, -0.05) is 15.9 Å². The van der Waals surface area contributed by atoms with Crippen molar-refractivity contribution in [1.29, 1.82) is 5.26 Å². The lowest BCUT2D eigenvalue weighted by atomic mass is 9.97. The van der Waals surface area contributed by atoms with Gasteiger partial charge in [-0.15, -0.1) is 0 Å². The van der Waals surface area contributed by atoms with Gasteiger partial charge in [0.25, 0.3) is 0 Å². The molecule has 3 nitrogen and oxygen atoms in total. The monoisotopic (exact) mass is 306 g/mol. The van der Waals surface area contributed by atoms with Gasteiger partial charge in [-0.25, -0.2) is 0 Å². The number of carbonyl (C=O) groups excluding carboxylic acids is 1. The molecule has 1 aliphatic rings. The van der Waals surface area contributed by atoms with Crippen LogP contribution in [0.5, 0.6) is 0 Å². The number of Topliss-reactive ketones (excluding diaryl/α,β-unsaturated/α-hetero) is 1. The zero-order valence-corrected chi connectivity index (χ0v) is 11.9. The Bertz CT molecular complexity index is 507. The molecule has 1 atom stereocenters. The van der Waals surface area contributed by atoms with E-state index in [1.54, 1.807) is 13.0 Å². The largest absolute Gasteiger partial charge is 0.360 e. The molecule has 1 heterocycles. The van der Waals surface area contributed by atoms with E-state index in [2.05, 4.69) is 26.9 Å². The SMILES string of the molecule is CC(=O)C1CCCCN1c1ccc(Br)cc1C#N. The van der Waals surface area contributed by atoms with Crippen molar-refractivity contribution in [1.82, 2.24) is 0 Å². The molecule has 94 valence electrons. The lowest BCUT2D eigenvalue weighted by Gasteiger charge is -2.36. The third-order valence-electron chi connectivity index (χ3n) is 3.36. The summed E-state index contributed by atoms with van der Waals surface area (Å²) in [5, 5.41) is 9.22. The van der Waals surface area contributed by atoms with Crippen LogP contribution in [0.25, 0.3) is 0 Å². The minimum Gasteiger partial charge on any atom is -0.360 e. The smallest absolute Gasteiger partial charge is 0.152 e. The average molecular weight is 307 g/mol. The zero-order chi connectivity index (χ0) is 13.1. The summed E-state index contributed by atoms with van der Waals surface area (Å²) in [6, 6.07) is 7.78.